The van der Waals surface area contributed by atoms with Crippen LogP contribution in [0.3, 0.4) is 0 Å². The Bertz CT molecular complexity index is 629. The van der Waals surface area contributed by atoms with Gasteiger partial charge in [0.15, 0.2) is 21.4 Å². The Morgan fingerprint density at radius 3 is 2.42 bits per heavy atom. The highest BCUT2D eigenvalue weighted by atomic mass is 32.2. The molecular weight excluding hydrogens is 284 g/mol. The van der Waals surface area contributed by atoms with E-state index in [1.54, 1.807) is 0 Å². The van der Waals surface area contributed by atoms with Crippen molar-refractivity contribution < 1.29 is 32.2 Å². The van der Waals surface area contributed by atoms with Gasteiger partial charge in [-0.15, -0.1) is 0 Å². The van der Waals surface area contributed by atoms with Crippen molar-refractivity contribution in [3.05, 3.63) is 23.3 Å². The summed E-state index contributed by atoms with van der Waals surface area (Å²) in [5, 5.41) is 18.0. The minimum absolute atomic E-state index is 0.419. The summed E-state index contributed by atoms with van der Waals surface area (Å²) < 4.78 is 49.5. The van der Waals surface area contributed by atoms with Gasteiger partial charge in [-0.2, -0.15) is 0 Å². The number of sulfone groups is 1. The average molecular weight is 295 g/mol. The minimum Gasteiger partial charge on any atom is -0.505 e. The van der Waals surface area contributed by atoms with Crippen LogP contribution in [0.4, 0.5) is 8.78 Å². The fourth-order valence-electron chi connectivity index (χ4n) is 1.46. The summed E-state index contributed by atoms with van der Waals surface area (Å²) in [6.45, 7) is 0. The van der Waals surface area contributed by atoms with E-state index in [9.17, 15) is 27.1 Å². The van der Waals surface area contributed by atoms with Crippen LogP contribution in [-0.2, 0) is 21.1 Å². The normalized spacial score (nSPS) is 13.3. The summed E-state index contributed by atoms with van der Waals surface area (Å²) in [7, 11) is -4.21. The Kier molecular flexibility index (Phi) is 4.11. The van der Waals surface area contributed by atoms with Gasteiger partial charge in [0.05, 0.1) is 0 Å². The average Bonchev–Trinajstić information content (AvgIpc) is 2.23. The molecule has 1 aromatic carbocycles. The highest BCUT2D eigenvalue weighted by Gasteiger charge is 2.26. The molecule has 0 saturated heterocycles. The second kappa shape index (κ2) is 5.10. The second-order valence-corrected chi connectivity index (χ2v) is 5.88. The van der Waals surface area contributed by atoms with Crippen molar-refractivity contribution in [1.29, 1.82) is 0 Å². The maximum absolute atomic E-state index is 13.6. The summed E-state index contributed by atoms with van der Waals surface area (Å²) in [5.74, 6) is -5.62. The van der Waals surface area contributed by atoms with Crippen LogP contribution in [0, 0.1) is 11.6 Å². The SMILES string of the molecule is CS(=O)(=O)c1c(F)cc(CC(N)C(=O)O)c(O)c1F. The lowest BCUT2D eigenvalue weighted by molar-refractivity contribution is -0.138. The number of benzene rings is 1. The first-order valence-electron chi connectivity index (χ1n) is 4.94. The van der Waals surface area contributed by atoms with Crippen LogP contribution >= 0.6 is 0 Å². The molecule has 0 aliphatic heterocycles. The smallest absolute Gasteiger partial charge is 0.320 e. The molecule has 4 N–H and O–H groups in total. The van der Waals surface area contributed by atoms with Crippen LogP contribution in [0.5, 0.6) is 5.75 Å². The first kappa shape index (κ1) is 15.3. The Morgan fingerprint density at radius 1 is 1.47 bits per heavy atom. The molecule has 1 unspecified atom stereocenters. The quantitative estimate of drug-likeness (QED) is 0.721. The maximum atomic E-state index is 13.6. The summed E-state index contributed by atoms with van der Waals surface area (Å²) >= 11 is 0. The lowest BCUT2D eigenvalue weighted by Gasteiger charge is -2.11. The lowest BCUT2D eigenvalue weighted by atomic mass is 10.1. The zero-order valence-electron chi connectivity index (χ0n) is 9.72. The first-order chi connectivity index (χ1) is 8.55. The van der Waals surface area contributed by atoms with Gasteiger partial charge >= 0.3 is 5.97 Å². The number of carboxylic acid groups (broad SMARTS) is 1. The van der Waals surface area contributed by atoms with Crippen molar-refractivity contribution in [3.63, 3.8) is 0 Å². The molecule has 1 rings (SSSR count). The second-order valence-electron chi connectivity index (χ2n) is 3.93. The minimum atomic E-state index is -4.21. The number of rotatable bonds is 4. The molecule has 9 heteroatoms. The molecule has 0 fully saturated rings. The third-order valence-corrected chi connectivity index (χ3v) is 3.47. The van der Waals surface area contributed by atoms with Crippen LogP contribution in [0.2, 0.25) is 0 Å². The van der Waals surface area contributed by atoms with E-state index < -0.39 is 56.1 Å². The van der Waals surface area contributed by atoms with Gasteiger partial charge in [0.25, 0.3) is 0 Å². The molecular formula is C10H11F2NO5S. The molecule has 0 bridgehead atoms. The number of aromatic hydroxyl groups is 1. The van der Waals surface area contributed by atoms with Crippen molar-refractivity contribution >= 4 is 15.8 Å². The molecule has 0 amide bonds. The molecule has 6 nitrogen and oxygen atoms in total. The van der Waals surface area contributed by atoms with Gasteiger partial charge in [0.1, 0.15) is 16.8 Å². The van der Waals surface area contributed by atoms with Crippen molar-refractivity contribution in [1.82, 2.24) is 0 Å². The predicted molar refractivity (Wildman–Crippen MR) is 60.4 cm³/mol. The number of nitrogens with two attached hydrogens (primary N) is 1. The monoisotopic (exact) mass is 295 g/mol. The molecule has 0 aliphatic carbocycles. The number of carbonyl (C=O) groups is 1. The standard InChI is InChI=1S/C10H11F2NO5S/c1-19(17,18)9-5(11)2-4(8(14)7(9)12)3-6(13)10(15)16/h2,6,14H,3,13H2,1H3,(H,15,16). The Labute approximate surface area is 107 Å². The van der Waals surface area contributed by atoms with Crippen LogP contribution in [-0.4, -0.2) is 36.9 Å². The van der Waals surface area contributed by atoms with Crippen LogP contribution in [0.1, 0.15) is 5.56 Å². The van der Waals surface area contributed by atoms with E-state index in [2.05, 4.69) is 0 Å². The topological polar surface area (TPSA) is 118 Å². The molecule has 0 spiro atoms. The van der Waals surface area contributed by atoms with E-state index in [4.69, 9.17) is 10.8 Å². The summed E-state index contributed by atoms with van der Waals surface area (Å²) in [5.41, 5.74) is 4.75. The largest absolute Gasteiger partial charge is 0.505 e. The predicted octanol–water partition coefficient (Wildman–Crippen LogP) is 0.0283. The summed E-state index contributed by atoms with van der Waals surface area (Å²) in [6, 6.07) is -0.925. The number of phenolic OH excluding ortho intramolecular Hbond substituents is 1. The molecule has 19 heavy (non-hydrogen) atoms. The van der Waals surface area contributed by atoms with Crippen molar-refractivity contribution in [2.45, 2.75) is 17.4 Å². The van der Waals surface area contributed by atoms with E-state index in [0.29, 0.717) is 12.3 Å². The Balaban J connectivity index is 3.38. The van der Waals surface area contributed by atoms with Gasteiger partial charge in [-0.05, 0) is 6.07 Å². The Morgan fingerprint density at radius 2 is 2.00 bits per heavy atom. The van der Waals surface area contributed by atoms with E-state index in [1.807, 2.05) is 0 Å². The van der Waals surface area contributed by atoms with Crippen LogP contribution < -0.4 is 5.73 Å². The lowest BCUT2D eigenvalue weighted by Crippen LogP contribution is -2.32. The molecule has 106 valence electrons. The molecule has 0 aromatic heterocycles. The number of halogens is 2. The highest BCUT2D eigenvalue weighted by Crippen LogP contribution is 2.30. The molecule has 1 atom stereocenters. The van der Waals surface area contributed by atoms with Gasteiger partial charge in [-0.25, -0.2) is 17.2 Å². The fourth-order valence-corrected chi connectivity index (χ4v) is 2.30. The zero-order valence-corrected chi connectivity index (χ0v) is 10.5. The number of phenols is 1. The maximum Gasteiger partial charge on any atom is 0.320 e. The van der Waals surface area contributed by atoms with Crippen molar-refractivity contribution in [2.24, 2.45) is 5.73 Å². The fraction of sp³-hybridized carbons (Fsp3) is 0.300. The van der Waals surface area contributed by atoms with Gasteiger partial charge in [-0.1, -0.05) is 0 Å². The van der Waals surface area contributed by atoms with Gasteiger partial charge < -0.3 is 15.9 Å². The summed E-state index contributed by atoms with van der Waals surface area (Å²) in [6.07, 6.45) is 0.0373. The number of hydrogen-bond acceptors (Lipinski definition) is 5. The van der Waals surface area contributed by atoms with E-state index in [-0.39, 0.29) is 0 Å². The number of hydrogen-bond donors (Lipinski definition) is 3. The molecule has 0 heterocycles. The van der Waals surface area contributed by atoms with E-state index in [0.717, 1.165) is 0 Å². The molecule has 1 aromatic rings. The van der Waals surface area contributed by atoms with Gasteiger partial charge in [0, 0.05) is 18.2 Å². The third-order valence-electron chi connectivity index (χ3n) is 2.36. The first-order valence-corrected chi connectivity index (χ1v) is 6.83. The molecule has 0 aliphatic rings. The zero-order chi connectivity index (χ0) is 15.0. The van der Waals surface area contributed by atoms with Gasteiger partial charge in [0.2, 0.25) is 0 Å². The van der Waals surface area contributed by atoms with Crippen molar-refractivity contribution in [2.75, 3.05) is 6.26 Å². The third kappa shape index (κ3) is 3.18. The summed E-state index contributed by atoms with van der Waals surface area (Å²) in [4.78, 5) is 9.25. The van der Waals surface area contributed by atoms with E-state index in [1.165, 1.54) is 0 Å². The van der Waals surface area contributed by atoms with Crippen LogP contribution in [0.15, 0.2) is 11.0 Å². The van der Waals surface area contributed by atoms with Crippen LogP contribution in [0.25, 0.3) is 0 Å². The molecule has 0 radical (unpaired) electrons. The number of carboxylic acids is 1. The van der Waals surface area contributed by atoms with Gasteiger partial charge in [-0.3, -0.25) is 4.79 Å². The Hall–Kier alpha value is -1.74. The van der Waals surface area contributed by atoms with E-state index >= 15 is 0 Å². The molecule has 0 saturated carbocycles. The number of aliphatic carboxylic acids is 1. The van der Waals surface area contributed by atoms with Crippen molar-refractivity contribution in [3.8, 4) is 5.75 Å². The highest BCUT2D eigenvalue weighted by molar-refractivity contribution is 7.90.